The van der Waals surface area contributed by atoms with Crippen molar-refractivity contribution in [3.8, 4) is 0 Å². The number of anilines is 1. The summed E-state index contributed by atoms with van der Waals surface area (Å²) in [6.07, 6.45) is -4.62. The average Bonchev–Trinajstić information content (AvgIpc) is 2.97. The van der Waals surface area contributed by atoms with Gasteiger partial charge in [-0.1, -0.05) is 4.15 Å². The van der Waals surface area contributed by atoms with E-state index in [-0.39, 0.29) is 22.5 Å². The van der Waals surface area contributed by atoms with Gasteiger partial charge in [0.2, 0.25) is 11.8 Å². The van der Waals surface area contributed by atoms with E-state index in [1.165, 1.54) is 32.0 Å². The molecule has 0 spiro atoms. The molecule has 0 saturated heterocycles. The second-order valence-electron chi connectivity index (χ2n) is 6.16. The zero-order valence-electron chi connectivity index (χ0n) is 16.1. The molecule has 3 rings (SSSR count). The lowest BCUT2D eigenvalue weighted by atomic mass is 10.2. The summed E-state index contributed by atoms with van der Waals surface area (Å²) in [5.41, 5.74) is 2.56. The Labute approximate surface area is 173 Å². The van der Waals surface area contributed by atoms with E-state index in [1.807, 2.05) is 0 Å². The quantitative estimate of drug-likeness (QED) is 0.616. The number of amides is 2. The molecule has 31 heavy (non-hydrogen) atoms. The Balaban J connectivity index is 0.000000785. The number of nitrogens with two attached hydrogens (primary N) is 1. The molecule has 0 aliphatic carbocycles. The zero-order valence-corrected chi connectivity index (χ0v) is 16.9. The van der Waals surface area contributed by atoms with E-state index in [0.29, 0.717) is 16.3 Å². The summed E-state index contributed by atoms with van der Waals surface area (Å²) in [6, 6.07) is 6.62. The highest BCUT2D eigenvalue weighted by Gasteiger charge is 2.31. The first-order chi connectivity index (χ1) is 14.2. The second kappa shape index (κ2) is 8.63. The van der Waals surface area contributed by atoms with E-state index in [0.717, 1.165) is 12.1 Å². The highest BCUT2D eigenvalue weighted by Crippen LogP contribution is 2.30. The molecule has 0 fully saturated rings. The van der Waals surface area contributed by atoms with Crippen molar-refractivity contribution in [3.05, 3.63) is 58.4 Å². The van der Waals surface area contributed by atoms with E-state index >= 15 is 0 Å². The van der Waals surface area contributed by atoms with Crippen molar-refractivity contribution in [1.29, 1.82) is 0 Å². The maximum atomic E-state index is 12.7. The second-order valence-corrected chi connectivity index (χ2v) is 7.91. The number of alkyl halides is 3. The number of aromatic nitrogens is 1. The third-order valence-corrected chi connectivity index (χ3v) is 5.17. The number of hydrogen-bond acceptors (Lipinski definition) is 6. The van der Waals surface area contributed by atoms with Crippen molar-refractivity contribution >= 4 is 38.4 Å². The maximum Gasteiger partial charge on any atom is 0.416 e. The monoisotopic (exact) mass is 459 g/mol. The summed E-state index contributed by atoms with van der Waals surface area (Å²) in [5.74, 6) is -0.752. The lowest BCUT2D eigenvalue weighted by Crippen LogP contribution is -2.13. The summed E-state index contributed by atoms with van der Waals surface area (Å²) < 4.78 is 68.5. The molecule has 1 heterocycles. The number of halogens is 3. The molecule has 0 radical (unpaired) electrons. The van der Waals surface area contributed by atoms with Crippen molar-refractivity contribution in [2.24, 2.45) is 5.73 Å². The molecular formula is C18H16F3N3O6S. The number of carbonyl (C=O) groups is 2. The van der Waals surface area contributed by atoms with Crippen LogP contribution in [0.3, 0.4) is 0 Å². The van der Waals surface area contributed by atoms with Crippen LogP contribution in [0.4, 0.5) is 18.9 Å². The van der Waals surface area contributed by atoms with Crippen LogP contribution in [0, 0.1) is 0 Å². The van der Waals surface area contributed by atoms with Gasteiger partial charge in [0, 0.05) is 19.5 Å². The summed E-state index contributed by atoms with van der Waals surface area (Å²) in [6.45, 7) is 2.55. The van der Waals surface area contributed by atoms with Crippen LogP contribution in [0.5, 0.6) is 0 Å². The Morgan fingerprint density at radius 1 is 1.06 bits per heavy atom. The molecule has 0 aliphatic rings. The lowest BCUT2D eigenvalue weighted by Gasteiger charge is -2.09. The van der Waals surface area contributed by atoms with Crippen molar-refractivity contribution in [2.75, 3.05) is 5.32 Å². The average molecular weight is 459 g/mol. The molecule has 0 bridgehead atoms. The Bertz CT molecular complexity index is 1290. The van der Waals surface area contributed by atoms with E-state index in [1.54, 1.807) is 0 Å². The van der Waals surface area contributed by atoms with Crippen molar-refractivity contribution in [2.45, 2.75) is 24.9 Å². The number of nitrogens with zero attached hydrogens (tertiary/aromatic N) is 1. The number of nitrogens with one attached hydrogen (secondary N) is 1. The van der Waals surface area contributed by atoms with Gasteiger partial charge in [-0.25, -0.2) is 4.79 Å². The first-order valence-electron chi connectivity index (χ1n) is 8.36. The highest BCUT2D eigenvalue weighted by atomic mass is 32.2. The molecule has 9 nitrogen and oxygen atoms in total. The first-order valence-corrected chi connectivity index (χ1v) is 9.80. The van der Waals surface area contributed by atoms with Gasteiger partial charge >= 0.3 is 11.8 Å². The molecule has 13 heteroatoms. The molecule has 0 atom stereocenters. The van der Waals surface area contributed by atoms with Gasteiger partial charge in [0.25, 0.3) is 10.0 Å². The summed E-state index contributed by atoms with van der Waals surface area (Å²) in [7, 11) is -4.48. The lowest BCUT2D eigenvalue weighted by molar-refractivity contribution is -0.137. The van der Waals surface area contributed by atoms with Crippen LogP contribution in [0.25, 0.3) is 10.9 Å². The van der Waals surface area contributed by atoms with Gasteiger partial charge in [-0.15, -0.1) is 0 Å². The van der Waals surface area contributed by atoms with E-state index < -0.39 is 38.2 Å². The Hall–Kier alpha value is -3.61. The zero-order chi connectivity index (χ0) is 23.6. The number of hydrogen-bond donors (Lipinski definition) is 2. The van der Waals surface area contributed by atoms with Gasteiger partial charge < -0.3 is 15.6 Å². The van der Waals surface area contributed by atoms with Crippen LogP contribution >= 0.6 is 0 Å². The Morgan fingerprint density at radius 3 is 2.10 bits per heavy atom. The number of benzene rings is 2. The molecule has 3 aromatic rings. The third-order valence-electron chi connectivity index (χ3n) is 3.60. The molecular weight excluding hydrogens is 443 g/mol. The number of carbonyl (C=O) groups excluding carboxylic acids is 2. The van der Waals surface area contributed by atoms with Crippen LogP contribution in [0.15, 0.2) is 56.7 Å². The minimum absolute atomic E-state index is 0.0698. The predicted octanol–water partition coefficient (Wildman–Crippen LogP) is 2.30. The normalized spacial score (nSPS) is 11.5. The molecule has 2 aromatic carbocycles. The predicted molar refractivity (Wildman–Crippen MR) is 104 cm³/mol. The van der Waals surface area contributed by atoms with Gasteiger partial charge in [0.1, 0.15) is 5.52 Å². The topological polar surface area (TPSA) is 141 Å². The Kier molecular flexibility index (Phi) is 6.59. The molecule has 0 aliphatic heterocycles. The van der Waals surface area contributed by atoms with Crippen molar-refractivity contribution < 1.29 is 35.7 Å². The van der Waals surface area contributed by atoms with E-state index in [2.05, 4.69) is 11.1 Å². The van der Waals surface area contributed by atoms with Gasteiger partial charge in [-0.2, -0.15) is 21.6 Å². The number of rotatable bonds is 3. The minimum Gasteiger partial charge on any atom is -0.370 e. The first kappa shape index (κ1) is 23.7. The number of primary amides is 1. The smallest absolute Gasteiger partial charge is 0.370 e. The van der Waals surface area contributed by atoms with Gasteiger partial charge in [0.05, 0.1) is 15.8 Å². The third kappa shape index (κ3) is 5.51. The highest BCUT2D eigenvalue weighted by molar-refractivity contribution is 7.90. The van der Waals surface area contributed by atoms with Gasteiger partial charge in [0.15, 0.2) is 0 Å². The fraction of sp³-hybridized carbons (Fsp3) is 0.167. The van der Waals surface area contributed by atoms with Gasteiger partial charge in [-0.05, 0) is 42.5 Å². The summed E-state index contributed by atoms with van der Waals surface area (Å²) in [4.78, 5) is 31.8. The maximum absolute atomic E-state index is 12.7. The van der Waals surface area contributed by atoms with Crippen LogP contribution in [0.1, 0.15) is 19.4 Å². The molecule has 0 unspecified atom stereocenters. The summed E-state index contributed by atoms with van der Waals surface area (Å²) >= 11 is 0. The van der Waals surface area contributed by atoms with Crippen LogP contribution < -0.4 is 16.7 Å². The molecule has 1 aromatic heterocycles. The van der Waals surface area contributed by atoms with E-state index in [9.17, 15) is 36.0 Å². The SMILES string of the molecule is CC(=O)Nc1ccc2c(=O)on(S(=O)(=O)c3ccc(C(F)(F)F)cc3)c2c1.CC(N)=O. The number of fused-ring (bicyclic) bond motifs is 1. The Morgan fingerprint density at radius 2 is 1.61 bits per heavy atom. The van der Waals surface area contributed by atoms with Gasteiger partial charge in [-0.3, -0.25) is 9.59 Å². The van der Waals surface area contributed by atoms with Crippen molar-refractivity contribution in [1.82, 2.24) is 4.15 Å². The van der Waals surface area contributed by atoms with Crippen LogP contribution in [-0.4, -0.2) is 24.4 Å². The van der Waals surface area contributed by atoms with Crippen LogP contribution in [0.2, 0.25) is 0 Å². The standard InChI is InChI=1S/C16H11F3N2O5S.C2H5NO/c1-9(22)20-11-4-7-13-14(8-11)21(26-15(13)23)27(24,25)12-5-2-10(3-6-12)16(17,18)19;1-2(3)4/h2-8H,1H3,(H,20,22);1H3,(H2,3,4). The molecule has 166 valence electrons. The fourth-order valence-corrected chi connectivity index (χ4v) is 3.65. The van der Waals surface area contributed by atoms with E-state index in [4.69, 9.17) is 4.52 Å². The molecule has 2 amide bonds. The fourth-order valence-electron chi connectivity index (χ4n) is 2.40. The van der Waals surface area contributed by atoms with Crippen molar-refractivity contribution in [3.63, 3.8) is 0 Å². The molecule has 0 saturated carbocycles. The minimum atomic E-state index is -4.62. The van der Waals surface area contributed by atoms with Crippen LogP contribution in [-0.2, 0) is 25.8 Å². The summed E-state index contributed by atoms with van der Waals surface area (Å²) in [5, 5.41) is 2.36. The molecule has 3 N–H and O–H groups in total. The largest absolute Gasteiger partial charge is 0.416 e.